The molecule has 0 radical (unpaired) electrons. The molecule has 1 unspecified atom stereocenters. The number of nitrogens with zero attached hydrogens (tertiary/aromatic N) is 3. The lowest BCUT2D eigenvalue weighted by atomic mass is 10.1. The van der Waals surface area contributed by atoms with E-state index >= 15 is 0 Å². The number of piperazine rings is 1. The van der Waals surface area contributed by atoms with Crippen LogP contribution in [0.15, 0.2) is 60.7 Å². The SMILES string of the molecule is N#CC(c1ccccc1)N1CCN(c2ccccc2)CC1. The molecule has 1 aliphatic rings. The van der Waals surface area contributed by atoms with Crippen LogP contribution in [0.3, 0.4) is 0 Å². The van der Waals surface area contributed by atoms with Gasteiger partial charge in [-0.05, 0) is 17.7 Å². The molecule has 0 saturated carbocycles. The summed E-state index contributed by atoms with van der Waals surface area (Å²) in [5.41, 5.74) is 2.36. The topological polar surface area (TPSA) is 30.3 Å². The fourth-order valence-corrected chi connectivity index (χ4v) is 2.88. The van der Waals surface area contributed by atoms with Crippen LogP contribution < -0.4 is 4.90 Å². The fraction of sp³-hybridized carbons (Fsp3) is 0.278. The number of benzene rings is 2. The molecule has 106 valence electrons. The molecule has 1 aliphatic heterocycles. The maximum atomic E-state index is 9.51. The Kier molecular flexibility index (Phi) is 4.18. The van der Waals surface area contributed by atoms with Gasteiger partial charge >= 0.3 is 0 Å². The van der Waals surface area contributed by atoms with Gasteiger partial charge in [-0.1, -0.05) is 48.5 Å². The molecule has 2 aromatic carbocycles. The van der Waals surface area contributed by atoms with Crippen molar-refractivity contribution < 1.29 is 0 Å². The van der Waals surface area contributed by atoms with E-state index in [1.807, 2.05) is 36.4 Å². The van der Waals surface area contributed by atoms with Crippen LogP contribution in [0.1, 0.15) is 11.6 Å². The Balaban J connectivity index is 1.67. The number of anilines is 1. The zero-order chi connectivity index (χ0) is 14.5. The lowest BCUT2D eigenvalue weighted by molar-refractivity contribution is 0.222. The van der Waals surface area contributed by atoms with E-state index in [2.05, 4.69) is 40.1 Å². The van der Waals surface area contributed by atoms with Crippen molar-refractivity contribution in [2.24, 2.45) is 0 Å². The maximum Gasteiger partial charge on any atom is 0.123 e. The minimum absolute atomic E-state index is 0.135. The van der Waals surface area contributed by atoms with Gasteiger partial charge in [0.1, 0.15) is 6.04 Å². The summed E-state index contributed by atoms with van der Waals surface area (Å²) in [6.45, 7) is 3.77. The molecular formula is C18H19N3. The third-order valence-electron chi connectivity index (χ3n) is 4.04. The summed E-state index contributed by atoms with van der Waals surface area (Å²) in [5, 5.41) is 9.51. The van der Waals surface area contributed by atoms with E-state index in [-0.39, 0.29) is 6.04 Å². The molecule has 0 N–H and O–H groups in total. The van der Waals surface area contributed by atoms with Gasteiger partial charge in [0.05, 0.1) is 6.07 Å². The van der Waals surface area contributed by atoms with Crippen LogP contribution in [-0.4, -0.2) is 31.1 Å². The van der Waals surface area contributed by atoms with Gasteiger partial charge < -0.3 is 4.90 Å². The summed E-state index contributed by atoms with van der Waals surface area (Å²) in [6.07, 6.45) is 0. The zero-order valence-corrected chi connectivity index (χ0v) is 12.0. The molecule has 1 saturated heterocycles. The minimum Gasteiger partial charge on any atom is -0.369 e. The van der Waals surface area contributed by atoms with Crippen LogP contribution in [0.2, 0.25) is 0 Å². The molecular weight excluding hydrogens is 258 g/mol. The van der Waals surface area contributed by atoms with Crippen LogP contribution in [0, 0.1) is 11.3 Å². The van der Waals surface area contributed by atoms with Crippen LogP contribution in [0.4, 0.5) is 5.69 Å². The van der Waals surface area contributed by atoms with E-state index < -0.39 is 0 Å². The summed E-state index contributed by atoms with van der Waals surface area (Å²) < 4.78 is 0. The van der Waals surface area contributed by atoms with Crippen LogP contribution >= 0.6 is 0 Å². The highest BCUT2D eigenvalue weighted by molar-refractivity contribution is 5.46. The summed E-state index contributed by atoms with van der Waals surface area (Å²) in [5.74, 6) is 0. The van der Waals surface area contributed by atoms with E-state index in [4.69, 9.17) is 0 Å². The maximum absolute atomic E-state index is 9.51. The molecule has 3 rings (SSSR count). The third-order valence-corrected chi connectivity index (χ3v) is 4.04. The Morgan fingerprint density at radius 3 is 1.95 bits per heavy atom. The smallest absolute Gasteiger partial charge is 0.123 e. The lowest BCUT2D eigenvalue weighted by Gasteiger charge is -2.38. The van der Waals surface area contributed by atoms with Gasteiger partial charge in [-0.25, -0.2) is 0 Å². The van der Waals surface area contributed by atoms with Gasteiger partial charge in [0, 0.05) is 31.9 Å². The van der Waals surface area contributed by atoms with Crippen molar-refractivity contribution in [3.63, 3.8) is 0 Å². The second kappa shape index (κ2) is 6.43. The second-order valence-corrected chi connectivity index (χ2v) is 5.30. The van der Waals surface area contributed by atoms with Crippen molar-refractivity contribution in [1.82, 2.24) is 4.90 Å². The fourth-order valence-electron chi connectivity index (χ4n) is 2.88. The van der Waals surface area contributed by atoms with Gasteiger partial charge in [-0.3, -0.25) is 4.90 Å². The zero-order valence-electron chi connectivity index (χ0n) is 12.0. The highest BCUT2D eigenvalue weighted by Gasteiger charge is 2.24. The Bertz CT molecular complexity index is 595. The number of rotatable bonds is 3. The Labute approximate surface area is 126 Å². The Morgan fingerprint density at radius 1 is 0.810 bits per heavy atom. The van der Waals surface area contributed by atoms with Gasteiger partial charge in [-0.2, -0.15) is 5.26 Å². The molecule has 1 heterocycles. The standard InChI is InChI=1S/C18H19N3/c19-15-18(16-7-3-1-4-8-16)21-13-11-20(12-14-21)17-9-5-2-6-10-17/h1-10,18H,11-14H2. The first-order valence-corrected chi connectivity index (χ1v) is 7.37. The minimum atomic E-state index is -0.135. The van der Waals surface area contributed by atoms with Gasteiger partial charge in [0.2, 0.25) is 0 Å². The molecule has 0 bridgehead atoms. The van der Waals surface area contributed by atoms with E-state index in [1.54, 1.807) is 0 Å². The monoisotopic (exact) mass is 277 g/mol. The second-order valence-electron chi connectivity index (χ2n) is 5.30. The third kappa shape index (κ3) is 3.07. The van der Waals surface area contributed by atoms with Crippen LogP contribution in [0.25, 0.3) is 0 Å². The molecule has 3 nitrogen and oxygen atoms in total. The predicted octanol–water partition coefficient (Wildman–Crippen LogP) is 3.07. The molecule has 0 aromatic heterocycles. The Hall–Kier alpha value is -2.31. The average molecular weight is 277 g/mol. The molecule has 0 amide bonds. The molecule has 3 heteroatoms. The summed E-state index contributed by atoms with van der Waals surface area (Å²) in [4.78, 5) is 4.66. The van der Waals surface area contributed by atoms with E-state index in [9.17, 15) is 5.26 Å². The molecule has 1 atom stereocenters. The normalized spacial score (nSPS) is 17.2. The number of hydrogen-bond donors (Lipinski definition) is 0. The van der Waals surface area contributed by atoms with Crippen molar-refractivity contribution >= 4 is 5.69 Å². The summed E-state index contributed by atoms with van der Waals surface area (Å²) in [6, 6.07) is 22.9. The van der Waals surface area contributed by atoms with E-state index in [0.29, 0.717) is 0 Å². The molecule has 2 aromatic rings. The molecule has 21 heavy (non-hydrogen) atoms. The summed E-state index contributed by atoms with van der Waals surface area (Å²) in [7, 11) is 0. The quantitative estimate of drug-likeness (QED) is 0.863. The molecule has 1 fully saturated rings. The predicted molar refractivity (Wildman–Crippen MR) is 85.0 cm³/mol. The van der Waals surface area contributed by atoms with Crippen molar-refractivity contribution in [2.75, 3.05) is 31.1 Å². The highest BCUT2D eigenvalue weighted by atomic mass is 15.3. The summed E-state index contributed by atoms with van der Waals surface area (Å²) >= 11 is 0. The van der Waals surface area contributed by atoms with Crippen LogP contribution in [-0.2, 0) is 0 Å². The number of para-hydroxylation sites is 1. The number of hydrogen-bond acceptors (Lipinski definition) is 3. The van der Waals surface area contributed by atoms with Gasteiger partial charge in [0.15, 0.2) is 0 Å². The van der Waals surface area contributed by atoms with Crippen molar-refractivity contribution in [3.05, 3.63) is 66.2 Å². The van der Waals surface area contributed by atoms with Crippen molar-refractivity contribution in [3.8, 4) is 6.07 Å². The van der Waals surface area contributed by atoms with E-state index in [0.717, 1.165) is 31.7 Å². The Morgan fingerprint density at radius 2 is 1.38 bits per heavy atom. The lowest BCUT2D eigenvalue weighted by Crippen LogP contribution is -2.47. The first kappa shape index (κ1) is 13.7. The highest BCUT2D eigenvalue weighted by Crippen LogP contribution is 2.23. The first-order valence-electron chi connectivity index (χ1n) is 7.37. The van der Waals surface area contributed by atoms with Gasteiger partial charge in [-0.15, -0.1) is 0 Å². The molecule has 0 spiro atoms. The van der Waals surface area contributed by atoms with Crippen molar-refractivity contribution in [1.29, 1.82) is 5.26 Å². The average Bonchev–Trinajstić information content (AvgIpc) is 2.58. The van der Waals surface area contributed by atoms with E-state index in [1.165, 1.54) is 5.69 Å². The van der Waals surface area contributed by atoms with Gasteiger partial charge in [0.25, 0.3) is 0 Å². The largest absolute Gasteiger partial charge is 0.369 e. The van der Waals surface area contributed by atoms with Crippen LogP contribution in [0.5, 0.6) is 0 Å². The first-order chi connectivity index (χ1) is 10.4. The number of nitriles is 1. The van der Waals surface area contributed by atoms with Crippen molar-refractivity contribution in [2.45, 2.75) is 6.04 Å². The molecule has 0 aliphatic carbocycles.